The normalized spacial score (nSPS) is 12.4. The Balaban J connectivity index is 3.84. The molecular formula is C11H21NO3S. The van der Waals surface area contributed by atoms with E-state index in [4.69, 9.17) is 4.74 Å². The lowest BCUT2D eigenvalue weighted by atomic mass is 10.1. The van der Waals surface area contributed by atoms with E-state index >= 15 is 0 Å². The molecule has 0 fully saturated rings. The minimum absolute atomic E-state index is 0.0892. The molecule has 0 unspecified atom stereocenters. The Morgan fingerprint density at radius 2 is 1.62 bits per heavy atom. The average Bonchev–Trinajstić information content (AvgIpc) is 1.98. The van der Waals surface area contributed by atoms with Gasteiger partial charge in [-0.1, -0.05) is 0 Å². The highest BCUT2D eigenvalue weighted by atomic mass is 32.1. The first-order valence-electron chi connectivity index (χ1n) is 5.17. The summed E-state index contributed by atoms with van der Waals surface area (Å²) in [5.74, 6) is -0.364. The zero-order chi connectivity index (χ0) is 13.0. The minimum atomic E-state index is -0.722. The lowest BCUT2D eigenvalue weighted by Gasteiger charge is -2.20. The Morgan fingerprint density at radius 1 is 1.12 bits per heavy atom. The highest BCUT2D eigenvalue weighted by molar-refractivity contribution is 7.82. The monoisotopic (exact) mass is 247 g/mol. The number of hydrogen-bond acceptors (Lipinski definition) is 4. The highest BCUT2D eigenvalue weighted by Gasteiger charge is 2.22. The van der Waals surface area contributed by atoms with Crippen LogP contribution in [0.2, 0.25) is 0 Å². The summed E-state index contributed by atoms with van der Waals surface area (Å²) in [5, 5.41) is 2.74. The Hall–Kier alpha value is -0.550. The number of Topliss-reactive ketones (excluding diaryl/α,β-unsaturated/α-hetero) is 1. The van der Waals surface area contributed by atoms with Gasteiger partial charge < -0.3 is 10.1 Å². The predicted molar refractivity (Wildman–Crippen MR) is 66.8 cm³/mol. The smallest absolute Gasteiger partial charge is 0.246 e. The molecule has 1 N–H and O–H groups in total. The summed E-state index contributed by atoms with van der Waals surface area (Å²) in [5.41, 5.74) is -0.284. The summed E-state index contributed by atoms with van der Waals surface area (Å²) >= 11 is 4.11. The number of rotatable bonds is 5. The van der Waals surface area contributed by atoms with Crippen molar-refractivity contribution in [2.45, 2.75) is 44.9 Å². The van der Waals surface area contributed by atoms with Gasteiger partial charge in [0.25, 0.3) is 0 Å². The van der Waals surface area contributed by atoms with Crippen molar-refractivity contribution in [2.24, 2.45) is 0 Å². The predicted octanol–water partition coefficient (Wildman–Crippen LogP) is 1.20. The molecule has 0 spiro atoms. The van der Waals surface area contributed by atoms with Crippen molar-refractivity contribution in [3.8, 4) is 0 Å². The summed E-state index contributed by atoms with van der Waals surface area (Å²) in [6, 6.07) is 0. The molecule has 16 heavy (non-hydrogen) atoms. The second-order valence-electron chi connectivity index (χ2n) is 5.27. The van der Waals surface area contributed by atoms with Gasteiger partial charge in [-0.25, -0.2) is 0 Å². The van der Waals surface area contributed by atoms with Crippen molar-refractivity contribution in [2.75, 3.05) is 13.2 Å². The molecular weight excluding hydrogens is 226 g/mol. The molecule has 0 saturated carbocycles. The van der Waals surface area contributed by atoms with Crippen LogP contribution in [-0.4, -0.2) is 35.2 Å². The van der Waals surface area contributed by atoms with Gasteiger partial charge in [0.2, 0.25) is 5.91 Å². The van der Waals surface area contributed by atoms with Gasteiger partial charge in [0.15, 0.2) is 5.78 Å². The van der Waals surface area contributed by atoms with E-state index in [-0.39, 0.29) is 30.4 Å². The first-order valence-corrected chi connectivity index (χ1v) is 5.61. The van der Waals surface area contributed by atoms with Crippen LogP contribution in [0.3, 0.4) is 0 Å². The van der Waals surface area contributed by atoms with Crippen LogP contribution in [0.4, 0.5) is 0 Å². The van der Waals surface area contributed by atoms with Gasteiger partial charge in [-0.2, -0.15) is 12.6 Å². The van der Waals surface area contributed by atoms with Crippen LogP contribution in [0.15, 0.2) is 0 Å². The number of hydrogen-bond donors (Lipinski definition) is 2. The van der Waals surface area contributed by atoms with Gasteiger partial charge in [-0.05, 0) is 34.6 Å². The van der Waals surface area contributed by atoms with Crippen molar-refractivity contribution >= 4 is 24.3 Å². The lowest BCUT2D eigenvalue weighted by Crippen LogP contribution is -2.43. The molecule has 0 aliphatic rings. The molecule has 0 bridgehead atoms. The highest BCUT2D eigenvalue weighted by Crippen LogP contribution is 2.12. The van der Waals surface area contributed by atoms with E-state index < -0.39 is 4.75 Å². The van der Waals surface area contributed by atoms with E-state index in [0.717, 1.165) is 0 Å². The summed E-state index contributed by atoms with van der Waals surface area (Å²) in [6.45, 7) is 8.83. The number of thiol groups is 1. The van der Waals surface area contributed by atoms with E-state index in [1.165, 1.54) is 0 Å². The van der Waals surface area contributed by atoms with Gasteiger partial charge in [0.05, 0.1) is 4.75 Å². The standard InChI is InChI=1S/C11H21NO3S/c1-10(2,3)12-9(14)7-15-6-8(13)11(4,5)16/h16H,6-7H2,1-5H3,(H,12,14). The number of carbonyl (C=O) groups excluding carboxylic acids is 2. The summed E-state index contributed by atoms with van der Waals surface area (Å²) < 4.78 is 4.30. The molecule has 0 atom stereocenters. The molecule has 0 aromatic heterocycles. The maximum absolute atomic E-state index is 11.4. The van der Waals surface area contributed by atoms with E-state index in [1.807, 2.05) is 20.8 Å². The molecule has 0 rings (SSSR count). The van der Waals surface area contributed by atoms with Crippen LogP contribution in [0, 0.1) is 0 Å². The summed E-state index contributed by atoms with van der Waals surface area (Å²) in [4.78, 5) is 22.7. The Kier molecular flexibility index (Phi) is 5.49. The zero-order valence-electron chi connectivity index (χ0n) is 10.6. The molecule has 0 heterocycles. The summed E-state index contributed by atoms with van der Waals surface area (Å²) in [6.07, 6.45) is 0. The van der Waals surface area contributed by atoms with Crippen molar-refractivity contribution in [1.82, 2.24) is 5.32 Å². The van der Waals surface area contributed by atoms with Crippen molar-refractivity contribution in [1.29, 1.82) is 0 Å². The van der Waals surface area contributed by atoms with Gasteiger partial charge in [0, 0.05) is 5.54 Å². The molecule has 0 radical (unpaired) electrons. The van der Waals surface area contributed by atoms with Crippen molar-refractivity contribution in [3.63, 3.8) is 0 Å². The van der Waals surface area contributed by atoms with Crippen LogP contribution in [0.1, 0.15) is 34.6 Å². The SMILES string of the molecule is CC(C)(C)NC(=O)COCC(=O)C(C)(C)S. The Labute approximate surface area is 103 Å². The van der Waals surface area contributed by atoms with Crippen LogP contribution in [0.25, 0.3) is 0 Å². The second kappa shape index (κ2) is 5.68. The fourth-order valence-electron chi connectivity index (χ4n) is 0.867. The molecule has 4 nitrogen and oxygen atoms in total. The second-order valence-corrected chi connectivity index (χ2v) is 6.39. The lowest BCUT2D eigenvalue weighted by molar-refractivity contribution is -0.131. The van der Waals surface area contributed by atoms with Gasteiger partial charge >= 0.3 is 0 Å². The van der Waals surface area contributed by atoms with Gasteiger partial charge in [-0.3, -0.25) is 9.59 Å². The molecule has 1 amide bonds. The molecule has 5 heteroatoms. The van der Waals surface area contributed by atoms with Crippen LogP contribution >= 0.6 is 12.6 Å². The zero-order valence-corrected chi connectivity index (χ0v) is 11.5. The number of carbonyl (C=O) groups is 2. The van der Waals surface area contributed by atoms with E-state index in [1.54, 1.807) is 13.8 Å². The molecule has 94 valence electrons. The number of amides is 1. The summed E-state index contributed by atoms with van der Waals surface area (Å²) in [7, 11) is 0. The fraction of sp³-hybridized carbons (Fsp3) is 0.818. The maximum atomic E-state index is 11.4. The van der Waals surface area contributed by atoms with E-state index in [9.17, 15) is 9.59 Å². The first-order chi connectivity index (χ1) is 7.02. The molecule has 0 aliphatic heterocycles. The molecule has 0 aromatic carbocycles. The third-order valence-corrected chi connectivity index (χ3v) is 1.91. The first kappa shape index (κ1) is 15.4. The Bertz CT molecular complexity index is 263. The van der Waals surface area contributed by atoms with Crippen molar-refractivity contribution < 1.29 is 14.3 Å². The van der Waals surface area contributed by atoms with Crippen LogP contribution < -0.4 is 5.32 Å². The maximum Gasteiger partial charge on any atom is 0.246 e. The number of ether oxygens (including phenoxy) is 1. The third kappa shape index (κ3) is 7.70. The molecule has 0 aliphatic carbocycles. The van der Waals surface area contributed by atoms with Crippen LogP contribution in [0.5, 0.6) is 0 Å². The van der Waals surface area contributed by atoms with Gasteiger partial charge in [-0.15, -0.1) is 0 Å². The number of nitrogens with one attached hydrogen (secondary N) is 1. The van der Waals surface area contributed by atoms with Crippen LogP contribution in [-0.2, 0) is 14.3 Å². The van der Waals surface area contributed by atoms with Gasteiger partial charge in [0.1, 0.15) is 13.2 Å². The third-order valence-electron chi connectivity index (χ3n) is 1.66. The fourth-order valence-corrected chi connectivity index (χ4v) is 0.932. The van der Waals surface area contributed by atoms with E-state index in [2.05, 4.69) is 17.9 Å². The topological polar surface area (TPSA) is 55.4 Å². The number of ketones is 1. The minimum Gasteiger partial charge on any atom is -0.364 e. The van der Waals surface area contributed by atoms with E-state index in [0.29, 0.717) is 0 Å². The average molecular weight is 247 g/mol. The Morgan fingerprint density at radius 3 is 2.00 bits per heavy atom. The molecule has 0 saturated heterocycles. The van der Waals surface area contributed by atoms with Crippen molar-refractivity contribution in [3.05, 3.63) is 0 Å². The largest absolute Gasteiger partial charge is 0.364 e. The molecule has 0 aromatic rings. The quantitative estimate of drug-likeness (QED) is 0.718.